The first-order chi connectivity index (χ1) is 10.1. The quantitative estimate of drug-likeness (QED) is 0.884. The van der Waals surface area contributed by atoms with Crippen molar-refractivity contribution < 1.29 is 4.79 Å². The van der Waals surface area contributed by atoms with Crippen LogP contribution in [0, 0.1) is 0 Å². The lowest BCUT2D eigenvalue weighted by atomic mass is 9.99. The fourth-order valence-electron chi connectivity index (χ4n) is 2.14. The largest absolute Gasteiger partial charge is 0.350 e. The van der Waals surface area contributed by atoms with E-state index >= 15 is 0 Å². The normalized spacial score (nSPS) is 12.2. The third-order valence-corrected chi connectivity index (χ3v) is 3.55. The zero-order valence-electron chi connectivity index (χ0n) is 12.5. The van der Waals surface area contributed by atoms with E-state index in [-0.39, 0.29) is 11.9 Å². The highest BCUT2D eigenvalue weighted by Crippen LogP contribution is 2.17. The fourth-order valence-corrected chi connectivity index (χ4v) is 2.14. The summed E-state index contributed by atoms with van der Waals surface area (Å²) in [5.74, 6) is 0.415. The second-order valence-corrected chi connectivity index (χ2v) is 5.50. The first kappa shape index (κ1) is 15.3. The number of carbonyl (C=O) groups is 1. The number of amides is 1. The van der Waals surface area contributed by atoms with Crippen molar-refractivity contribution in [2.24, 2.45) is 5.73 Å². The van der Waals surface area contributed by atoms with Crippen molar-refractivity contribution in [2.45, 2.75) is 25.8 Å². The molecule has 0 saturated heterocycles. The first-order valence-corrected chi connectivity index (χ1v) is 7.26. The Morgan fingerprint density at radius 3 is 2.14 bits per heavy atom. The molecule has 0 radical (unpaired) electrons. The summed E-state index contributed by atoms with van der Waals surface area (Å²) in [6.45, 7) is 4.75. The number of nitrogens with one attached hydrogen (secondary N) is 1. The van der Waals surface area contributed by atoms with Crippen molar-refractivity contribution in [3.63, 3.8) is 0 Å². The van der Waals surface area contributed by atoms with Crippen LogP contribution in [0.5, 0.6) is 0 Å². The summed E-state index contributed by atoms with van der Waals surface area (Å²) in [4.78, 5) is 12.0. The molecule has 2 aromatic carbocycles. The molecule has 1 unspecified atom stereocenters. The zero-order valence-corrected chi connectivity index (χ0v) is 12.5. The van der Waals surface area contributed by atoms with Crippen LogP contribution in [0.2, 0.25) is 0 Å². The van der Waals surface area contributed by atoms with Gasteiger partial charge in [0.05, 0.1) is 0 Å². The van der Waals surface area contributed by atoms with E-state index in [9.17, 15) is 4.79 Å². The average Bonchev–Trinajstić information content (AvgIpc) is 2.53. The Hall–Kier alpha value is -2.13. The Kier molecular flexibility index (Phi) is 5.12. The molecule has 0 aliphatic rings. The van der Waals surface area contributed by atoms with E-state index in [0.29, 0.717) is 18.0 Å². The van der Waals surface area contributed by atoms with Crippen LogP contribution in [0.3, 0.4) is 0 Å². The van der Waals surface area contributed by atoms with Crippen molar-refractivity contribution in [3.8, 4) is 0 Å². The molecular formula is C18H22N2O. The van der Waals surface area contributed by atoms with Gasteiger partial charge in [0.1, 0.15) is 0 Å². The first-order valence-electron chi connectivity index (χ1n) is 7.26. The number of hydrogen-bond acceptors (Lipinski definition) is 2. The van der Waals surface area contributed by atoms with E-state index in [2.05, 4.69) is 31.3 Å². The van der Waals surface area contributed by atoms with E-state index < -0.39 is 0 Å². The lowest BCUT2D eigenvalue weighted by molar-refractivity contribution is 0.0951. The zero-order chi connectivity index (χ0) is 15.2. The molecule has 0 aliphatic carbocycles. The highest BCUT2D eigenvalue weighted by molar-refractivity contribution is 5.94. The maximum atomic E-state index is 12.0. The topological polar surface area (TPSA) is 55.1 Å². The SMILES string of the molecule is CC(C)c1ccc(C(N)CNC(=O)c2ccccc2)cc1. The second-order valence-electron chi connectivity index (χ2n) is 5.50. The van der Waals surface area contributed by atoms with E-state index in [0.717, 1.165) is 5.56 Å². The summed E-state index contributed by atoms with van der Waals surface area (Å²) < 4.78 is 0. The lowest BCUT2D eigenvalue weighted by Crippen LogP contribution is -2.31. The van der Waals surface area contributed by atoms with Gasteiger partial charge in [-0.2, -0.15) is 0 Å². The Labute approximate surface area is 126 Å². The third kappa shape index (κ3) is 4.17. The Bertz CT molecular complexity index is 576. The van der Waals surface area contributed by atoms with Crippen molar-refractivity contribution in [2.75, 3.05) is 6.54 Å². The number of nitrogens with two attached hydrogens (primary N) is 1. The predicted octanol–water partition coefficient (Wildman–Crippen LogP) is 3.24. The predicted molar refractivity (Wildman–Crippen MR) is 86.2 cm³/mol. The van der Waals surface area contributed by atoms with Crippen LogP contribution in [-0.4, -0.2) is 12.5 Å². The van der Waals surface area contributed by atoms with Crippen molar-refractivity contribution >= 4 is 5.91 Å². The number of hydrogen-bond donors (Lipinski definition) is 2. The highest BCUT2D eigenvalue weighted by Gasteiger charge is 2.10. The summed E-state index contributed by atoms with van der Waals surface area (Å²) in [6, 6.07) is 17.2. The maximum Gasteiger partial charge on any atom is 0.251 e. The molecular weight excluding hydrogens is 260 g/mol. The van der Waals surface area contributed by atoms with Gasteiger partial charge in [-0.1, -0.05) is 56.3 Å². The van der Waals surface area contributed by atoms with Crippen molar-refractivity contribution in [1.82, 2.24) is 5.32 Å². The molecule has 3 nitrogen and oxygen atoms in total. The van der Waals surface area contributed by atoms with Gasteiger partial charge in [0.25, 0.3) is 5.91 Å². The third-order valence-electron chi connectivity index (χ3n) is 3.55. The molecule has 0 aliphatic heterocycles. The van der Waals surface area contributed by atoms with Crippen LogP contribution in [0.15, 0.2) is 54.6 Å². The second kappa shape index (κ2) is 7.04. The molecule has 21 heavy (non-hydrogen) atoms. The Morgan fingerprint density at radius 2 is 1.57 bits per heavy atom. The van der Waals surface area contributed by atoms with Crippen LogP contribution >= 0.6 is 0 Å². The number of carbonyl (C=O) groups excluding carboxylic acids is 1. The summed E-state index contributed by atoms with van der Waals surface area (Å²) in [7, 11) is 0. The van der Waals surface area contributed by atoms with Gasteiger partial charge in [0.15, 0.2) is 0 Å². The molecule has 110 valence electrons. The van der Waals surface area contributed by atoms with Crippen LogP contribution < -0.4 is 11.1 Å². The molecule has 1 atom stereocenters. The maximum absolute atomic E-state index is 12.0. The molecule has 0 fully saturated rings. The molecule has 0 heterocycles. The molecule has 3 heteroatoms. The fraction of sp³-hybridized carbons (Fsp3) is 0.278. The number of benzene rings is 2. The highest BCUT2D eigenvalue weighted by atomic mass is 16.1. The van der Waals surface area contributed by atoms with Gasteiger partial charge in [-0.05, 0) is 29.2 Å². The van der Waals surface area contributed by atoms with Crippen LogP contribution in [-0.2, 0) is 0 Å². The van der Waals surface area contributed by atoms with Crippen molar-refractivity contribution in [3.05, 3.63) is 71.3 Å². The minimum absolute atomic E-state index is 0.0927. The molecule has 2 aromatic rings. The van der Waals surface area contributed by atoms with E-state index in [1.807, 2.05) is 30.3 Å². The van der Waals surface area contributed by atoms with E-state index in [4.69, 9.17) is 5.73 Å². The molecule has 0 spiro atoms. The van der Waals surface area contributed by atoms with Crippen LogP contribution in [0.1, 0.15) is 47.3 Å². The van der Waals surface area contributed by atoms with Crippen LogP contribution in [0.25, 0.3) is 0 Å². The van der Waals surface area contributed by atoms with Gasteiger partial charge >= 0.3 is 0 Å². The summed E-state index contributed by atoms with van der Waals surface area (Å²) >= 11 is 0. The van der Waals surface area contributed by atoms with E-state index in [1.54, 1.807) is 12.1 Å². The molecule has 2 rings (SSSR count). The minimum atomic E-state index is -0.195. The molecule has 0 saturated carbocycles. The van der Waals surface area contributed by atoms with Gasteiger partial charge in [0.2, 0.25) is 0 Å². The summed E-state index contributed by atoms with van der Waals surface area (Å²) in [5, 5.41) is 2.87. The summed E-state index contributed by atoms with van der Waals surface area (Å²) in [5.41, 5.74) is 9.11. The number of rotatable bonds is 5. The van der Waals surface area contributed by atoms with Gasteiger partial charge < -0.3 is 11.1 Å². The average molecular weight is 282 g/mol. The Morgan fingerprint density at radius 1 is 1.00 bits per heavy atom. The molecule has 0 aromatic heterocycles. The lowest BCUT2D eigenvalue weighted by Gasteiger charge is -2.14. The Balaban J connectivity index is 1.92. The standard InChI is InChI=1S/C18H22N2O/c1-13(2)14-8-10-15(11-9-14)17(19)12-20-18(21)16-6-4-3-5-7-16/h3-11,13,17H,12,19H2,1-2H3,(H,20,21). The molecule has 1 amide bonds. The van der Waals surface area contributed by atoms with Crippen LogP contribution in [0.4, 0.5) is 0 Å². The summed E-state index contributed by atoms with van der Waals surface area (Å²) in [6.07, 6.45) is 0. The molecule has 0 bridgehead atoms. The monoisotopic (exact) mass is 282 g/mol. The molecule has 3 N–H and O–H groups in total. The van der Waals surface area contributed by atoms with E-state index in [1.165, 1.54) is 5.56 Å². The smallest absolute Gasteiger partial charge is 0.251 e. The minimum Gasteiger partial charge on any atom is -0.350 e. The van der Waals surface area contributed by atoms with Gasteiger partial charge in [-0.15, -0.1) is 0 Å². The van der Waals surface area contributed by atoms with Gasteiger partial charge in [-0.25, -0.2) is 0 Å². The van der Waals surface area contributed by atoms with Gasteiger partial charge in [-0.3, -0.25) is 4.79 Å². The van der Waals surface area contributed by atoms with Gasteiger partial charge in [0, 0.05) is 18.2 Å². The van der Waals surface area contributed by atoms with Crippen molar-refractivity contribution in [1.29, 1.82) is 0 Å².